The molecule has 1 rings (SSSR count). The first-order valence-corrected chi connectivity index (χ1v) is 3.93. The monoisotopic (exact) mass is 220 g/mol. The average molecular weight is 221 g/mol. The molecule has 0 aliphatic heterocycles. The first-order valence-electron chi connectivity index (χ1n) is 3.14. The number of benzene rings is 1. The molecule has 0 spiro atoms. The third-order valence-electron chi connectivity index (χ3n) is 1.33. The smallest absolute Gasteiger partial charge is 0.202 e. The maximum atomic E-state index is 12.6. The summed E-state index contributed by atoms with van der Waals surface area (Å²) in [4.78, 5) is 0. The molecule has 0 aliphatic rings. The molecule has 0 atom stereocenters. The maximum absolute atomic E-state index is 12.6. The second-order valence-corrected chi connectivity index (χ2v) is 3.31. The van der Waals surface area contributed by atoms with Crippen LogP contribution in [0.15, 0.2) is 28.7 Å². The Morgan fingerprint density at radius 1 is 1.36 bits per heavy atom. The second kappa shape index (κ2) is 2.89. The fraction of sp³-hybridized carbons (Fsp3) is 0.250. The molecule has 0 aliphatic carbocycles. The van der Waals surface area contributed by atoms with E-state index in [0.717, 1.165) is 6.92 Å². The van der Waals surface area contributed by atoms with Gasteiger partial charge in [0, 0.05) is 17.0 Å². The summed E-state index contributed by atoms with van der Waals surface area (Å²) < 4.78 is 25.9. The summed E-state index contributed by atoms with van der Waals surface area (Å²) in [7, 11) is 0. The van der Waals surface area contributed by atoms with Gasteiger partial charge in [0.05, 0.1) is 0 Å². The molecule has 1 aromatic rings. The van der Waals surface area contributed by atoms with Crippen molar-refractivity contribution in [1.29, 1.82) is 0 Å². The molecular weight excluding hydrogens is 214 g/mol. The molecule has 0 aromatic heterocycles. The molecule has 0 saturated carbocycles. The Labute approximate surface area is 72.4 Å². The molecule has 0 heterocycles. The molecule has 11 heavy (non-hydrogen) atoms. The first kappa shape index (κ1) is 8.65. The summed E-state index contributed by atoms with van der Waals surface area (Å²) in [5, 5.41) is 0. The van der Waals surface area contributed by atoms with E-state index >= 15 is 0 Å². The van der Waals surface area contributed by atoms with Crippen molar-refractivity contribution in [2.75, 3.05) is 0 Å². The normalized spacial score (nSPS) is 11.6. The highest BCUT2D eigenvalue weighted by molar-refractivity contribution is 9.10. The predicted octanol–water partition coefficient (Wildman–Crippen LogP) is 3.56. The Morgan fingerprint density at radius 3 is 2.36 bits per heavy atom. The fourth-order valence-electron chi connectivity index (χ4n) is 0.762. The van der Waals surface area contributed by atoms with E-state index in [2.05, 4.69) is 15.9 Å². The van der Waals surface area contributed by atoms with Crippen molar-refractivity contribution < 1.29 is 8.78 Å². The van der Waals surface area contributed by atoms with Crippen LogP contribution in [0, 0.1) is 0 Å². The Morgan fingerprint density at radius 2 is 2.00 bits per heavy atom. The van der Waals surface area contributed by atoms with Gasteiger partial charge in [0.25, 0.3) is 5.92 Å². The van der Waals surface area contributed by atoms with E-state index in [-0.39, 0.29) is 5.56 Å². The second-order valence-electron chi connectivity index (χ2n) is 2.40. The maximum Gasteiger partial charge on any atom is 0.270 e. The summed E-state index contributed by atoms with van der Waals surface area (Å²) in [6.07, 6.45) is 0. The number of alkyl halides is 2. The minimum atomic E-state index is -2.75. The molecule has 0 radical (unpaired) electrons. The van der Waals surface area contributed by atoms with Gasteiger partial charge < -0.3 is 0 Å². The molecule has 1 aromatic carbocycles. The third kappa shape index (κ3) is 2.26. The highest BCUT2D eigenvalue weighted by atomic mass is 79.9. The van der Waals surface area contributed by atoms with Gasteiger partial charge in [-0.05, 0) is 12.1 Å². The van der Waals surface area contributed by atoms with Crippen molar-refractivity contribution in [3.05, 3.63) is 34.3 Å². The lowest BCUT2D eigenvalue weighted by Crippen LogP contribution is -2.06. The highest BCUT2D eigenvalue weighted by Gasteiger charge is 2.23. The Bertz CT molecular complexity index is 253. The van der Waals surface area contributed by atoms with Crippen molar-refractivity contribution >= 4 is 15.9 Å². The van der Waals surface area contributed by atoms with Gasteiger partial charge in [0.15, 0.2) is 0 Å². The topological polar surface area (TPSA) is 0 Å². The van der Waals surface area contributed by atoms with Crippen molar-refractivity contribution in [3.63, 3.8) is 0 Å². The Hall–Kier alpha value is -0.440. The van der Waals surface area contributed by atoms with E-state index < -0.39 is 5.92 Å². The lowest BCUT2D eigenvalue weighted by atomic mass is 10.1. The average Bonchev–Trinajstić information content (AvgIpc) is 1.86. The quantitative estimate of drug-likeness (QED) is 0.680. The number of halogens is 3. The molecule has 60 valence electrons. The zero-order valence-corrected chi connectivity index (χ0v) is 7.53. The van der Waals surface area contributed by atoms with Gasteiger partial charge in [-0.25, -0.2) is 8.78 Å². The van der Waals surface area contributed by atoms with E-state index in [0.29, 0.717) is 4.47 Å². The van der Waals surface area contributed by atoms with E-state index in [1.165, 1.54) is 12.1 Å². The largest absolute Gasteiger partial charge is 0.270 e. The van der Waals surface area contributed by atoms with E-state index in [4.69, 9.17) is 0 Å². The van der Waals surface area contributed by atoms with E-state index in [1.807, 2.05) is 0 Å². The number of hydrogen-bond acceptors (Lipinski definition) is 0. The fourth-order valence-corrected chi connectivity index (χ4v) is 1.16. The van der Waals surface area contributed by atoms with Gasteiger partial charge in [-0.2, -0.15) is 0 Å². The van der Waals surface area contributed by atoms with Crippen LogP contribution >= 0.6 is 15.9 Å². The SMILES string of the molecule is CC(F)(F)c1cccc(Br)c1. The van der Waals surface area contributed by atoms with Crippen LogP contribution in [-0.2, 0) is 5.92 Å². The zero-order valence-electron chi connectivity index (χ0n) is 5.94. The highest BCUT2D eigenvalue weighted by Crippen LogP contribution is 2.28. The van der Waals surface area contributed by atoms with Crippen LogP contribution in [0.4, 0.5) is 8.78 Å². The molecule has 0 nitrogen and oxygen atoms in total. The number of hydrogen-bond donors (Lipinski definition) is 0. The van der Waals surface area contributed by atoms with Crippen molar-refractivity contribution in [2.24, 2.45) is 0 Å². The molecule has 0 fully saturated rings. The van der Waals surface area contributed by atoms with Crippen LogP contribution < -0.4 is 0 Å². The summed E-state index contributed by atoms with van der Waals surface area (Å²) in [6, 6.07) is 6.14. The van der Waals surface area contributed by atoms with Crippen LogP contribution in [-0.4, -0.2) is 0 Å². The van der Waals surface area contributed by atoms with Gasteiger partial charge in [0.2, 0.25) is 0 Å². The zero-order chi connectivity index (χ0) is 8.48. The van der Waals surface area contributed by atoms with Crippen molar-refractivity contribution in [3.8, 4) is 0 Å². The third-order valence-corrected chi connectivity index (χ3v) is 1.82. The van der Waals surface area contributed by atoms with Crippen LogP contribution in [0.25, 0.3) is 0 Å². The van der Waals surface area contributed by atoms with Gasteiger partial charge >= 0.3 is 0 Å². The molecule has 0 bridgehead atoms. The van der Waals surface area contributed by atoms with Gasteiger partial charge in [0.1, 0.15) is 0 Å². The van der Waals surface area contributed by atoms with Crippen molar-refractivity contribution in [2.45, 2.75) is 12.8 Å². The summed E-state index contributed by atoms with van der Waals surface area (Å²) in [5.74, 6) is -2.75. The Balaban J connectivity index is 3.06. The number of rotatable bonds is 1. The van der Waals surface area contributed by atoms with Gasteiger partial charge in [-0.1, -0.05) is 28.1 Å². The summed E-state index contributed by atoms with van der Waals surface area (Å²) >= 11 is 3.12. The molecule has 0 saturated heterocycles. The van der Waals surface area contributed by atoms with Gasteiger partial charge in [-0.15, -0.1) is 0 Å². The van der Waals surface area contributed by atoms with Crippen LogP contribution in [0.2, 0.25) is 0 Å². The lowest BCUT2D eigenvalue weighted by molar-refractivity contribution is 0.0174. The minimum absolute atomic E-state index is 0.0341. The standard InChI is InChI=1S/C8H7BrF2/c1-8(10,11)6-3-2-4-7(9)5-6/h2-5H,1H3. The lowest BCUT2D eigenvalue weighted by Gasteiger charge is -2.09. The predicted molar refractivity (Wildman–Crippen MR) is 43.7 cm³/mol. The van der Waals surface area contributed by atoms with E-state index in [9.17, 15) is 8.78 Å². The van der Waals surface area contributed by atoms with Crippen molar-refractivity contribution in [1.82, 2.24) is 0 Å². The first-order chi connectivity index (χ1) is 5.00. The minimum Gasteiger partial charge on any atom is -0.202 e. The summed E-state index contributed by atoms with van der Waals surface area (Å²) in [5.41, 5.74) is 0.0341. The van der Waals surface area contributed by atoms with Crippen LogP contribution in [0.5, 0.6) is 0 Å². The Kier molecular flexibility index (Phi) is 2.28. The molecular formula is C8H7BrF2. The van der Waals surface area contributed by atoms with Crippen LogP contribution in [0.3, 0.4) is 0 Å². The van der Waals surface area contributed by atoms with E-state index in [1.54, 1.807) is 12.1 Å². The molecule has 3 heteroatoms. The molecule has 0 amide bonds. The van der Waals surface area contributed by atoms with Crippen LogP contribution in [0.1, 0.15) is 12.5 Å². The molecule has 0 N–H and O–H groups in total. The summed E-state index contributed by atoms with van der Waals surface area (Å²) in [6.45, 7) is 0.884. The molecule has 0 unspecified atom stereocenters. The van der Waals surface area contributed by atoms with Gasteiger partial charge in [-0.3, -0.25) is 0 Å².